The summed E-state index contributed by atoms with van der Waals surface area (Å²) in [7, 11) is 0. The number of benzene rings is 8. The maximum Gasteiger partial charge on any atom is 0.417 e. The zero-order chi connectivity index (χ0) is 36.6. The van der Waals surface area contributed by atoms with E-state index in [1.54, 1.807) is 6.07 Å². The van der Waals surface area contributed by atoms with E-state index in [1.807, 2.05) is 24.3 Å². The van der Waals surface area contributed by atoms with Crippen LogP contribution >= 0.6 is 0 Å². The number of hydrogen-bond donors (Lipinski definition) is 0. The molecule has 0 N–H and O–H groups in total. The van der Waals surface area contributed by atoms with E-state index < -0.39 is 18.4 Å². The molecule has 0 unspecified atom stereocenters. The summed E-state index contributed by atoms with van der Waals surface area (Å²) in [6.07, 6.45) is -3.45. The van der Waals surface area contributed by atoms with Crippen molar-refractivity contribution in [2.24, 2.45) is 0 Å². The minimum absolute atomic E-state index is 0.0738. The molecule has 0 spiro atoms. The average molecular weight is 709 g/mol. The molecule has 6 heteroatoms. The Hall–Kier alpha value is -6.66. The van der Waals surface area contributed by atoms with Gasteiger partial charge in [0, 0.05) is 22.5 Å². The molecule has 2 nitrogen and oxygen atoms in total. The highest BCUT2D eigenvalue weighted by atomic mass is 19.4. The fourth-order valence-electron chi connectivity index (χ4n) is 8.20. The number of rotatable bonds is 4. The number of aromatic nitrogens is 2. The molecule has 0 saturated carbocycles. The second-order valence-electron chi connectivity index (χ2n) is 13.7. The van der Waals surface area contributed by atoms with Gasteiger partial charge in [0.15, 0.2) is 0 Å². The smallest absolute Gasteiger partial charge is 0.254 e. The Kier molecular flexibility index (Phi) is 7.24. The van der Waals surface area contributed by atoms with E-state index in [0.717, 1.165) is 77.6 Å². The highest BCUT2D eigenvalue weighted by Gasteiger charge is 2.33. The third-order valence-corrected chi connectivity index (χ3v) is 10.6. The Bertz CT molecular complexity index is 3140. The van der Waals surface area contributed by atoms with Gasteiger partial charge in [-0.15, -0.1) is 0 Å². The highest BCUT2D eigenvalue weighted by molar-refractivity contribution is 6.24. The lowest BCUT2D eigenvalue weighted by Gasteiger charge is -2.20. The largest absolute Gasteiger partial charge is 0.417 e. The van der Waals surface area contributed by atoms with E-state index in [1.165, 1.54) is 12.1 Å². The van der Waals surface area contributed by atoms with Gasteiger partial charge >= 0.3 is 6.18 Å². The summed E-state index contributed by atoms with van der Waals surface area (Å²) in [5.41, 5.74) is 5.30. The van der Waals surface area contributed by atoms with Gasteiger partial charge in [-0.25, -0.2) is 9.37 Å². The number of pyridine rings is 2. The minimum atomic E-state index is -4.59. The van der Waals surface area contributed by atoms with Crippen molar-refractivity contribution in [2.75, 3.05) is 0 Å². The van der Waals surface area contributed by atoms with E-state index in [0.29, 0.717) is 22.2 Å². The molecule has 0 radical (unpaired) electrons. The van der Waals surface area contributed by atoms with Crippen LogP contribution < -0.4 is 0 Å². The van der Waals surface area contributed by atoms with E-state index in [2.05, 4.69) is 108 Å². The summed E-state index contributed by atoms with van der Waals surface area (Å²) in [5, 5.41) is 9.07. The third-order valence-electron chi connectivity index (χ3n) is 10.6. The predicted molar refractivity (Wildman–Crippen MR) is 213 cm³/mol. The first-order valence-electron chi connectivity index (χ1n) is 17.7. The lowest BCUT2D eigenvalue weighted by Crippen LogP contribution is -2.06. The van der Waals surface area contributed by atoms with Crippen LogP contribution in [0.4, 0.5) is 17.6 Å². The van der Waals surface area contributed by atoms with Gasteiger partial charge in [-0.1, -0.05) is 127 Å². The molecule has 0 aliphatic heterocycles. The molecule has 0 atom stereocenters. The summed E-state index contributed by atoms with van der Waals surface area (Å²) in [5.74, 6) is 0. The van der Waals surface area contributed by atoms with Gasteiger partial charge in [0.2, 0.25) is 0 Å². The van der Waals surface area contributed by atoms with Gasteiger partial charge in [-0.2, -0.15) is 13.2 Å². The molecule has 0 fully saturated rings. The van der Waals surface area contributed by atoms with Gasteiger partial charge in [-0.3, -0.25) is 4.98 Å². The summed E-state index contributed by atoms with van der Waals surface area (Å²) in [6.45, 7) is -0.817. The Labute approximate surface area is 307 Å². The lowest BCUT2D eigenvalue weighted by molar-refractivity contribution is -0.136. The molecule has 54 heavy (non-hydrogen) atoms. The van der Waals surface area contributed by atoms with Gasteiger partial charge in [-0.05, 0) is 95.2 Å². The predicted octanol–water partition coefficient (Wildman–Crippen LogP) is 13.9. The topological polar surface area (TPSA) is 25.8 Å². The fraction of sp³-hybridized carbons (Fsp3) is 0.0417. The summed E-state index contributed by atoms with van der Waals surface area (Å²) >= 11 is 0. The van der Waals surface area contributed by atoms with Crippen LogP contribution in [0.1, 0.15) is 11.1 Å². The Morgan fingerprint density at radius 1 is 0.463 bits per heavy atom. The SMILES string of the molecule is FCc1cc(-c2ccc3c(-c4cccc5ccccc45)c4ccccc4c(-c4ccc5ccccc5c4)c3c2)nc2c1ccc1c(C(F)(F)F)ccnc12. The molecule has 2 heterocycles. The molecule has 10 rings (SSSR count). The molecule has 0 aliphatic rings. The van der Waals surface area contributed by atoms with E-state index in [-0.39, 0.29) is 16.4 Å². The van der Waals surface area contributed by atoms with E-state index in [9.17, 15) is 17.6 Å². The number of fused-ring (bicyclic) bond motifs is 7. The molecule has 0 saturated heterocycles. The van der Waals surface area contributed by atoms with Crippen LogP contribution in [0, 0.1) is 0 Å². The van der Waals surface area contributed by atoms with Crippen molar-refractivity contribution < 1.29 is 17.6 Å². The molecule has 0 amide bonds. The molecule has 258 valence electrons. The number of alkyl halides is 4. The van der Waals surface area contributed by atoms with Crippen LogP contribution in [0.15, 0.2) is 158 Å². The zero-order valence-corrected chi connectivity index (χ0v) is 28.6. The zero-order valence-electron chi connectivity index (χ0n) is 28.6. The first kappa shape index (κ1) is 32.0. The maximum absolute atomic E-state index is 14.8. The van der Waals surface area contributed by atoms with Crippen LogP contribution in [-0.4, -0.2) is 9.97 Å². The van der Waals surface area contributed by atoms with Gasteiger partial charge < -0.3 is 0 Å². The van der Waals surface area contributed by atoms with Crippen molar-refractivity contribution in [3.05, 3.63) is 169 Å². The molecule has 2 aromatic heterocycles. The second kappa shape index (κ2) is 12.2. The van der Waals surface area contributed by atoms with Crippen LogP contribution in [0.3, 0.4) is 0 Å². The Morgan fingerprint density at radius 2 is 1.11 bits per heavy atom. The maximum atomic E-state index is 14.8. The van der Waals surface area contributed by atoms with Crippen molar-refractivity contribution in [2.45, 2.75) is 12.9 Å². The van der Waals surface area contributed by atoms with Crippen molar-refractivity contribution in [3.8, 4) is 33.5 Å². The first-order chi connectivity index (χ1) is 26.4. The molecule has 10 aromatic rings. The van der Waals surface area contributed by atoms with Gasteiger partial charge in [0.05, 0.1) is 22.3 Å². The minimum Gasteiger partial charge on any atom is -0.254 e. The van der Waals surface area contributed by atoms with Crippen molar-refractivity contribution in [3.63, 3.8) is 0 Å². The average Bonchev–Trinajstić information content (AvgIpc) is 3.21. The number of halogens is 4. The Morgan fingerprint density at radius 3 is 1.91 bits per heavy atom. The van der Waals surface area contributed by atoms with Crippen LogP contribution in [0.5, 0.6) is 0 Å². The van der Waals surface area contributed by atoms with Crippen LogP contribution in [0.2, 0.25) is 0 Å². The van der Waals surface area contributed by atoms with Crippen molar-refractivity contribution in [1.29, 1.82) is 0 Å². The van der Waals surface area contributed by atoms with Crippen LogP contribution in [0.25, 0.3) is 98.4 Å². The highest BCUT2D eigenvalue weighted by Crippen LogP contribution is 2.47. The summed E-state index contributed by atoms with van der Waals surface area (Å²) in [6, 6.07) is 49.7. The number of hydrogen-bond acceptors (Lipinski definition) is 2. The quantitative estimate of drug-likeness (QED) is 0.103. The van der Waals surface area contributed by atoms with E-state index >= 15 is 0 Å². The summed E-state index contributed by atoms with van der Waals surface area (Å²) < 4.78 is 57.0. The van der Waals surface area contributed by atoms with Gasteiger partial charge in [0.25, 0.3) is 0 Å². The monoisotopic (exact) mass is 708 g/mol. The van der Waals surface area contributed by atoms with Crippen LogP contribution in [-0.2, 0) is 12.9 Å². The fourth-order valence-corrected chi connectivity index (χ4v) is 8.20. The number of nitrogens with zero attached hydrogens (tertiary/aromatic N) is 2. The second-order valence-corrected chi connectivity index (χ2v) is 13.7. The standard InChI is InChI=1S/C48H28F4N2/c49-27-33-26-43(54-47-35(33)20-21-40-42(48(50,51)52)22-23-53-46(40)47)31-18-19-39-41(25-31)44(32-17-16-28-8-1-2-10-30(28)24-32)37-13-5-6-14-38(37)45(39)36-15-7-11-29-9-3-4-12-34(29)36/h1-26H,27H2. The van der Waals surface area contributed by atoms with Crippen molar-refractivity contribution >= 4 is 64.9 Å². The lowest BCUT2D eigenvalue weighted by atomic mass is 9.83. The molecular formula is C48H28F4N2. The molecule has 0 aliphatic carbocycles. The van der Waals surface area contributed by atoms with Gasteiger partial charge in [0.1, 0.15) is 6.67 Å². The Balaban J connectivity index is 1.31. The first-order valence-corrected chi connectivity index (χ1v) is 17.7. The normalized spacial score (nSPS) is 12.1. The van der Waals surface area contributed by atoms with E-state index in [4.69, 9.17) is 4.98 Å². The third kappa shape index (κ3) is 5.01. The molecule has 8 aromatic carbocycles. The molecular weight excluding hydrogens is 681 g/mol. The molecule has 0 bridgehead atoms. The summed E-state index contributed by atoms with van der Waals surface area (Å²) in [4.78, 5) is 9.28. The van der Waals surface area contributed by atoms with Crippen molar-refractivity contribution in [1.82, 2.24) is 9.97 Å².